The van der Waals surface area contributed by atoms with Gasteiger partial charge in [0.15, 0.2) is 0 Å². The second kappa shape index (κ2) is 9.13. The largest absolute Gasteiger partial charge is 0.447 e. The van der Waals surface area contributed by atoms with E-state index in [0.29, 0.717) is 29.8 Å². The molecular weight excluding hydrogens is 415 g/mol. The van der Waals surface area contributed by atoms with Crippen LogP contribution in [0.1, 0.15) is 32.5 Å². The average Bonchev–Trinajstić information content (AvgIpc) is 3.18. The molecule has 2 aromatic heterocycles. The van der Waals surface area contributed by atoms with Gasteiger partial charge in [-0.3, -0.25) is 9.88 Å². The van der Waals surface area contributed by atoms with Gasteiger partial charge >= 0.3 is 6.09 Å². The van der Waals surface area contributed by atoms with Crippen molar-refractivity contribution in [2.45, 2.75) is 32.9 Å². The molecule has 0 aliphatic carbocycles. The highest BCUT2D eigenvalue weighted by molar-refractivity contribution is 5.89. The van der Waals surface area contributed by atoms with Crippen LogP contribution in [0.4, 0.5) is 21.0 Å². The maximum absolute atomic E-state index is 13.0. The number of aromatic nitrogens is 4. The number of anilines is 2. The molecule has 10 heteroatoms. The zero-order valence-corrected chi connectivity index (χ0v) is 17.9. The Kier molecular flexibility index (Phi) is 6.11. The molecule has 0 spiro atoms. The maximum atomic E-state index is 13.0. The van der Waals surface area contributed by atoms with Crippen molar-refractivity contribution in [1.29, 1.82) is 0 Å². The van der Waals surface area contributed by atoms with Crippen molar-refractivity contribution in [3.8, 4) is 11.6 Å². The van der Waals surface area contributed by atoms with Crippen LogP contribution in [-0.4, -0.2) is 38.7 Å². The van der Waals surface area contributed by atoms with Crippen molar-refractivity contribution < 1.29 is 18.7 Å². The van der Waals surface area contributed by atoms with Gasteiger partial charge in [0.2, 0.25) is 11.8 Å². The van der Waals surface area contributed by atoms with E-state index in [1.807, 2.05) is 20.8 Å². The zero-order valence-electron chi connectivity index (χ0n) is 17.9. The maximum Gasteiger partial charge on any atom is 0.415 e. The second-order valence-electron chi connectivity index (χ2n) is 7.70. The fourth-order valence-electron chi connectivity index (χ4n) is 3.24. The van der Waals surface area contributed by atoms with Crippen LogP contribution in [0.15, 0.2) is 48.9 Å². The van der Waals surface area contributed by atoms with E-state index in [-0.39, 0.29) is 29.7 Å². The summed E-state index contributed by atoms with van der Waals surface area (Å²) in [6, 6.07) is 6.98. The van der Waals surface area contributed by atoms with E-state index in [2.05, 4.69) is 25.3 Å². The molecule has 3 heterocycles. The first-order valence-corrected chi connectivity index (χ1v) is 10.2. The quantitative estimate of drug-likeness (QED) is 0.581. The molecule has 166 valence electrons. The Bertz CT molecular complexity index is 1080. The summed E-state index contributed by atoms with van der Waals surface area (Å²) in [5, 5.41) is 3.17. The molecule has 2 atom stereocenters. The number of carbonyl (C=O) groups is 1. The van der Waals surface area contributed by atoms with E-state index in [1.54, 1.807) is 23.4 Å². The van der Waals surface area contributed by atoms with Crippen LogP contribution in [-0.2, 0) is 4.74 Å². The number of nitrogens with zero attached hydrogens (tertiary/aromatic N) is 5. The summed E-state index contributed by atoms with van der Waals surface area (Å²) in [6.45, 7) is 6.29. The van der Waals surface area contributed by atoms with E-state index in [9.17, 15) is 9.18 Å². The van der Waals surface area contributed by atoms with Crippen molar-refractivity contribution in [2.24, 2.45) is 5.92 Å². The van der Waals surface area contributed by atoms with Gasteiger partial charge in [-0.2, -0.15) is 4.98 Å². The van der Waals surface area contributed by atoms with E-state index in [4.69, 9.17) is 9.47 Å². The van der Waals surface area contributed by atoms with Gasteiger partial charge in [0.05, 0.1) is 30.2 Å². The first-order valence-electron chi connectivity index (χ1n) is 10.2. The van der Waals surface area contributed by atoms with Gasteiger partial charge in [-0.25, -0.2) is 19.2 Å². The zero-order chi connectivity index (χ0) is 22.7. The monoisotopic (exact) mass is 438 g/mol. The smallest absolute Gasteiger partial charge is 0.415 e. The minimum Gasteiger partial charge on any atom is -0.447 e. The number of halogens is 1. The molecule has 1 saturated heterocycles. The Morgan fingerprint density at radius 2 is 1.91 bits per heavy atom. The standard InChI is InChI=1S/C22H23FN6O3/c1-13(2)18-12-31-22(30)29(18)19-8-9-24-21(28-19)27-14(3)17-10-26-20(11-25-17)32-16-6-4-15(23)5-7-16/h4-11,13-14,18H,12H2,1-3H3,(H,24,27,28)/t14?,18-/m1/s1. The average molecular weight is 438 g/mol. The summed E-state index contributed by atoms with van der Waals surface area (Å²) in [6.07, 6.45) is 4.24. The van der Waals surface area contributed by atoms with Gasteiger partial charge in [0.1, 0.15) is 24.0 Å². The van der Waals surface area contributed by atoms with Gasteiger partial charge in [0, 0.05) is 6.20 Å². The number of amides is 1. The fraction of sp³-hybridized carbons (Fsp3) is 0.318. The van der Waals surface area contributed by atoms with Crippen LogP contribution < -0.4 is 15.0 Å². The summed E-state index contributed by atoms with van der Waals surface area (Å²) in [5.74, 6) is 1.46. The molecule has 1 fully saturated rings. The first-order chi connectivity index (χ1) is 15.4. The number of benzene rings is 1. The number of cyclic esters (lactones) is 1. The Morgan fingerprint density at radius 1 is 1.12 bits per heavy atom. The molecule has 1 aliphatic rings. The number of ether oxygens (including phenoxy) is 2. The molecule has 1 aromatic carbocycles. The predicted octanol–water partition coefficient (Wildman–Crippen LogP) is 4.35. The number of rotatable bonds is 7. The highest BCUT2D eigenvalue weighted by Crippen LogP contribution is 2.27. The number of hydrogen-bond donors (Lipinski definition) is 1. The molecule has 4 rings (SSSR count). The molecule has 1 N–H and O–H groups in total. The highest BCUT2D eigenvalue weighted by Gasteiger charge is 2.37. The number of hydrogen-bond acceptors (Lipinski definition) is 8. The molecular formula is C22H23FN6O3. The Hall–Kier alpha value is -3.82. The van der Waals surface area contributed by atoms with Gasteiger partial charge in [-0.15, -0.1) is 0 Å². The number of nitrogens with one attached hydrogen (secondary N) is 1. The van der Waals surface area contributed by atoms with Gasteiger partial charge in [0.25, 0.3) is 0 Å². The normalized spacial score (nSPS) is 16.7. The van der Waals surface area contributed by atoms with E-state index in [1.165, 1.54) is 30.5 Å². The SMILES string of the molecule is CC(Nc1nccc(N2C(=O)OC[C@@H]2C(C)C)n1)c1cnc(Oc2ccc(F)cc2)cn1. The third kappa shape index (κ3) is 4.74. The summed E-state index contributed by atoms with van der Waals surface area (Å²) in [7, 11) is 0. The number of carbonyl (C=O) groups excluding carboxylic acids is 1. The summed E-state index contributed by atoms with van der Waals surface area (Å²) < 4.78 is 23.8. The second-order valence-corrected chi connectivity index (χ2v) is 7.70. The van der Waals surface area contributed by atoms with Gasteiger partial charge < -0.3 is 14.8 Å². The van der Waals surface area contributed by atoms with Gasteiger partial charge in [-0.05, 0) is 43.2 Å². The van der Waals surface area contributed by atoms with Crippen molar-refractivity contribution in [3.05, 3.63) is 60.4 Å². The predicted molar refractivity (Wildman–Crippen MR) is 115 cm³/mol. The minimum atomic E-state index is -0.413. The van der Waals surface area contributed by atoms with Crippen LogP contribution in [0.25, 0.3) is 0 Å². The third-order valence-electron chi connectivity index (χ3n) is 5.04. The Balaban J connectivity index is 1.43. The first kappa shape index (κ1) is 21.4. The van der Waals surface area contributed by atoms with Crippen LogP contribution in [0, 0.1) is 11.7 Å². The minimum absolute atomic E-state index is 0.0813. The summed E-state index contributed by atoms with van der Waals surface area (Å²) >= 11 is 0. The molecule has 1 aliphatic heterocycles. The molecule has 1 amide bonds. The lowest BCUT2D eigenvalue weighted by Gasteiger charge is -2.23. The lowest BCUT2D eigenvalue weighted by Crippen LogP contribution is -2.37. The fourth-order valence-corrected chi connectivity index (χ4v) is 3.24. The molecule has 0 saturated carbocycles. The molecule has 3 aromatic rings. The molecule has 0 bridgehead atoms. The topological polar surface area (TPSA) is 102 Å². The lowest BCUT2D eigenvalue weighted by atomic mass is 10.0. The van der Waals surface area contributed by atoms with E-state index in [0.717, 1.165) is 0 Å². The van der Waals surface area contributed by atoms with Crippen molar-refractivity contribution >= 4 is 17.9 Å². The van der Waals surface area contributed by atoms with Crippen LogP contribution in [0.5, 0.6) is 11.6 Å². The highest BCUT2D eigenvalue weighted by atomic mass is 19.1. The van der Waals surface area contributed by atoms with Crippen LogP contribution in [0.3, 0.4) is 0 Å². The third-order valence-corrected chi connectivity index (χ3v) is 5.04. The van der Waals surface area contributed by atoms with Gasteiger partial charge in [-0.1, -0.05) is 13.8 Å². The van der Waals surface area contributed by atoms with E-state index >= 15 is 0 Å². The molecule has 1 unspecified atom stereocenters. The van der Waals surface area contributed by atoms with Crippen molar-refractivity contribution in [1.82, 2.24) is 19.9 Å². The van der Waals surface area contributed by atoms with E-state index < -0.39 is 6.09 Å². The summed E-state index contributed by atoms with van der Waals surface area (Å²) in [5.41, 5.74) is 0.645. The van der Waals surface area contributed by atoms with Crippen molar-refractivity contribution in [3.63, 3.8) is 0 Å². The van der Waals surface area contributed by atoms with Crippen molar-refractivity contribution in [2.75, 3.05) is 16.8 Å². The van der Waals surface area contributed by atoms with Crippen LogP contribution >= 0.6 is 0 Å². The Labute approximate surface area is 184 Å². The molecule has 9 nitrogen and oxygen atoms in total. The molecule has 32 heavy (non-hydrogen) atoms. The Morgan fingerprint density at radius 3 is 2.59 bits per heavy atom. The molecule has 0 radical (unpaired) electrons. The summed E-state index contributed by atoms with van der Waals surface area (Å²) in [4.78, 5) is 31.1. The van der Waals surface area contributed by atoms with Crippen LogP contribution in [0.2, 0.25) is 0 Å². The lowest BCUT2D eigenvalue weighted by molar-refractivity contribution is 0.177.